The van der Waals surface area contributed by atoms with E-state index >= 15 is 0 Å². The summed E-state index contributed by atoms with van der Waals surface area (Å²) in [5, 5.41) is 9.10. The largest absolute Gasteiger partial charge is 0.348 e. The van der Waals surface area contributed by atoms with E-state index in [9.17, 15) is 9.59 Å². The number of pyridine rings is 1. The van der Waals surface area contributed by atoms with Crippen LogP contribution in [0.25, 0.3) is 0 Å². The van der Waals surface area contributed by atoms with Crippen molar-refractivity contribution in [1.29, 1.82) is 0 Å². The quantitative estimate of drug-likeness (QED) is 0.353. The van der Waals surface area contributed by atoms with Crippen LogP contribution in [0, 0.1) is 0 Å². The van der Waals surface area contributed by atoms with Gasteiger partial charge in [-0.3, -0.25) is 9.59 Å². The van der Waals surface area contributed by atoms with Crippen LogP contribution in [0.4, 0.5) is 23.4 Å². The summed E-state index contributed by atoms with van der Waals surface area (Å²) in [6.07, 6.45) is 6.00. The van der Waals surface area contributed by atoms with Gasteiger partial charge in [0.15, 0.2) is 0 Å². The van der Waals surface area contributed by atoms with Crippen molar-refractivity contribution in [1.82, 2.24) is 35.1 Å². The van der Waals surface area contributed by atoms with Gasteiger partial charge in [-0.2, -0.15) is 0 Å². The van der Waals surface area contributed by atoms with Crippen molar-refractivity contribution in [3.63, 3.8) is 0 Å². The summed E-state index contributed by atoms with van der Waals surface area (Å²) in [5.41, 5.74) is 1.42. The second-order valence-electron chi connectivity index (χ2n) is 8.40. The summed E-state index contributed by atoms with van der Waals surface area (Å²) in [6, 6.07) is 18.1. The molecule has 11 heteroatoms. The molecule has 3 N–H and O–H groups in total. The molecular formula is C26H25N9O2. The topological polar surface area (TPSA) is 138 Å². The first-order valence-electron chi connectivity index (χ1n) is 11.9. The van der Waals surface area contributed by atoms with Crippen molar-refractivity contribution in [3.05, 3.63) is 90.6 Å². The number of aromatic nitrogens is 5. The molecule has 0 atom stereocenters. The average molecular weight is 496 g/mol. The van der Waals surface area contributed by atoms with Gasteiger partial charge in [-0.15, -0.1) is 0 Å². The Labute approximate surface area is 213 Å². The smallest absolute Gasteiger partial charge is 0.272 e. The molecular weight excluding hydrogens is 470 g/mol. The van der Waals surface area contributed by atoms with E-state index in [0.717, 1.165) is 5.69 Å². The Morgan fingerprint density at radius 3 is 2.14 bits per heavy atom. The predicted octanol–water partition coefficient (Wildman–Crippen LogP) is 3.18. The van der Waals surface area contributed by atoms with Crippen LogP contribution in [-0.2, 0) is 0 Å². The first-order chi connectivity index (χ1) is 18.1. The summed E-state index contributed by atoms with van der Waals surface area (Å²) >= 11 is 0. The van der Waals surface area contributed by atoms with Crippen LogP contribution >= 0.6 is 0 Å². The molecule has 1 fully saturated rings. The molecule has 186 valence electrons. The number of hydrogen-bond donors (Lipinski definition) is 3. The maximum atomic E-state index is 13.0. The molecule has 0 aliphatic carbocycles. The van der Waals surface area contributed by atoms with Gasteiger partial charge in [0.2, 0.25) is 11.9 Å². The summed E-state index contributed by atoms with van der Waals surface area (Å²) in [6.45, 7) is 1.01. The lowest BCUT2D eigenvalue weighted by Gasteiger charge is -2.32. The third-order valence-electron chi connectivity index (χ3n) is 5.81. The lowest BCUT2D eigenvalue weighted by atomic mass is 10.0. The molecule has 1 aliphatic rings. The summed E-state index contributed by atoms with van der Waals surface area (Å²) in [4.78, 5) is 48.8. The first kappa shape index (κ1) is 23.8. The van der Waals surface area contributed by atoms with Crippen LogP contribution in [0.1, 0.15) is 33.8 Å². The molecule has 4 aromatic rings. The van der Waals surface area contributed by atoms with Crippen molar-refractivity contribution in [3.8, 4) is 0 Å². The Bertz CT molecular complexity index is 1360. The van der Waals surface area contributed by atoms with Gasteiger partial charge in [0.25, 0.3) is 11.8 Å². The van der Waals surface area contributed by atoms with Crippen LogP contribution < -0.4 is 16.0 Å². The van der Waals surface area contributed by atoms with Crippen molar-refractivity contribution in [2.75, 3.05) is 23.7 Å². The minimum absolute atomic E-state index is 0.0700. The molecule has 2 amide bonds. The van der Waals surface area contributed by atoms with Crippen molar-refractivity contribution >= 4 is 35.2 Å². The highest BCUT2D eigenvalue weighted by atomic mass is 16.2. The molecule has 5 rings (SSSR count). The van der Waals surface area contributed by atoms with Gasteiger partial charge in [0, 0.05) is 43.4 Å². The highest BCUT2D eigenvalue weighted by Gasteiger charge is 2.26. The maximum absolute atomic E-state index is 13.0. The molecule has 1 aliphatic heterocycles. The zero-order valence-electron chi connectivity index (χ0n) is 19.9. The third-order valence-corrected chi connectivity index (χ3v) is 5.81. The van der Waals surface area contributed by atoms with E-state index in [2.05, 4.69) is 40.9 Å². The number of nitrogens with zero attached hydrogens (tertiary/aromatic N) is 6. The van der Waals surface area contributed by atoms with Gasteiger partial charge in [-0.05, 0) is 49.2 Å². The van der Waals surface area contributed by atoms with Crippen LogP contribution in [0.2, 0.25) is 0 Å². The number of likely N-dealkylation sites (tertiary alicyclic amines) is 1. The van der Waals surface area contributed by atoms with Crippen molar-refractivity contribution < 1.29 is 9.59 Å². The molecule has 0 bridgehead atoms. The number of piperidine rings is 1. The number of benzene rings is 1. The molecule has 4 heterocycles. The molecule has 0 unspecified atom stereocenters. The zero-order valence-corrected chi connectivity index (χ0v) is 19.9. The van der Waals surface area contributed by atoms with Crippen molar-refractivity contribution in [2.45, 2.75) is 18.9 Å². The molecule has 11 nitrogen and oxygen atoms in total. The molecule has 1 saturated heterocycles. The monoisotopic (exact) mass is 495 g/mol. The van der Waals surface area contributed by atoms with E-state index in [-0.39, 0.29) is 29.5 Å². The number of nitrogens with one attached hydrogen (secondary N) is 3. The van der Waals surface area contributed by atoms with E-state index in [1.807, 2.05) is 42.5 Å². The Balaban J connectivity index is 1.14. The minimum Gasteiger partial charge on any atom is -0.348 e. The Kier molecular flexibility index (Phi) is 7.21. The normalized spacial score (nSPS) is 13.6. The van der Waals surface area contributed by atoms with Gasteiger partial charge in [0.1, 0.15) is 17.2 Å². The van der Waals surface area contributed by atoms with Gasteiger partial charge in [-0.1, -0.05) is 24.3 Å². The zero-order chi connectivity index (χ0) is 25.5. The fourth-order valence-corrected chi connectivity index (χ4v) is 3.93. The van der Waals surface area contributed by atoms with E-state index in [1.165, 1.54) is 6.20 Å². The second kappa shape index (κ2) is 11.2. The Hall–Kier alpha value is -4.93. The molecule has 0 saturated carbocycles. The minimum atomic E-state index is -0.288. The fraction of sp³-hybridized carbons (Fsp3) is 0.192. The second-order valence-corrected chi connectivity index (χ2v) is 8.40. The highest BCUT2D eigenvalue weighted by Crippen LogP contribution is 2.16. The average Bonchev–Trinajstić information content (AvgIpc) is 2.94. The van der Waals surface area contributed by atoms with Crippen LogP contribution in [0.5, 0.6) is 0 Å². The Morgan fingerprint density at radius 2 is 1.41 bits per heavy atom. The number of para-hydroxylation sites is 1. The summed E-state index contributed by atoms with van der Waals surface area (Å²) < 4.78 is 0. The predicted molar refractivity (Wildman–Crippen MR) is 138 cm³/mol. The number of hydrogen-bond acceptors (Lipinski definition) is 9. The van der Waals surface area contributed by atoms with E-state index < -0.39 is 0 Å². The summed E-state index contributed by atoms with van der Waals surface area (Å²) in [5.74, 6) is 0.787. The number of carbonyl (C=O) groups excluding carboxylic acids is 2. The lowest BCUT2D eigenvalue weighted by Crippen LogP contribution is -2.46. The molecule has 37 heavy (non-hydrogen) atoms. The van der Waals surface area contributed by atoms with Crippen molar-refractivity contribution in [2.24, 2.45) is 0 Å². The number of rotatable bonds is 7. The molecule has 3 aromatic heterocycles. The van der Waals surface area contributed by atoms with Crippen LogP contribution in [0.15, 0.2) is 79.3 Å². The van der Waals surface area contributed by atoms with Gasteiger partial charge in [-0.25, -0.2) is 24.9 Å². The maximum Gasteiger partial charge on any atom is 0.272 e. The molecule has 1 aromatic carbocycles. The lowest BCUT2D eigenvalue weighted by molar-refractivity contribution is 0.0692. The van der Waals surface area contributed by atoms with E-state index in [4.69, 9.17) is 0 Å². The van der Waals surface area contributed by atoms with Crippen LogP contribution in [-0.4, -0.2) is 60.8 Å². The fourth-order valence-electron chi connectivity index (χ4n) is 3.93. The van der Waals surface area contributed by atoms with Gasteiger partial charge >= 0.3 is 0 Å². The SMILES string of the molecule is O=C(NC1CCN(C(=O)c2ccnc(Nc3ccccc3)n2)CC1)c1ccnc(Nc2ccccn2)n1. The van der Waals surface area contributed by atoms with Gasteiger partial charge in [0.05, 0.1) is 0 Å². The molecule has 0 radical (unpaired) electrons. The summed E-state index contributed by atoms with van der Waals surface area (Å²) in [7, 11) is 0. The van der Waals surface area contributed by atoms with E-state index in [0.29, 0.717) is 43.4 Å². The number of amides is 2. The highest BCUT2D eigenvalue weighted by molar-refractivity contribution is 5.93. The standard InChI is InChI=1S/C26H25N9O2/c36-23(20-9-14-29-26(32-20)34-22-8-4-5-13-27-22)30-19-11-16-35(17-12-19)24(37)21-10-15-28-25(33-21)31-18-6-2-1-3-7-18/h1-10,13-15,19H,11-12,16-17H2,(H,30,36)(H,28,31,33)(H,27,29,32,34). The van der Waals surface area contributed by atoms with E-state index in [1.54, 1.807) is 35.5 Å². The first-order valence-corrected chi connectivity index (χ1v) is 11.9. The van der Waals surface area contributed by atoms with Gasteiger partial charge < -0.3 is 20.9 Å². The molecule has 0 spiro atoms. The Morgan fingerprint density at radius 1 is 0.730 bits per heavy atom. The van der Waals surface area contributed by atoms with Crippen LogP contribution in [0.3, 0.4) is 0 Å². The number of anilines is 4. The third kappa shape index (κ3) is 6.20. The number of carbonyl (C=O) groups is 2.